The first kappa shape index (κ1) is 21.1. The number of ether oxygens (including phenoxy) is 1. The SMILES string of the molecule is CCOc1ccc(NC(=O)CN2C(=O)S/C(=C/c3ccc([N+](=O)[O-])cc3)C2=O)cc1. The molecule has 2 aromatic rings. The van der Waals surface area contributed by atoms with Crippen LogP contribution in [0, 0.1) is 10.1 Å². The molecule has 0 radical (unpaired) electrons. The molecule has 1 saturated heterocycles. The van der Waals surface area contributed by atoms with Gasteiger partial charge < -0.3 is 10.1 Å². The summed E-state index contributed by atoms with van der Waals surface area (Å²) in [5.41, 5.74) is 0.966. The van der Waals surface area contributed by atoms with Gasteiger partial charge in [-0.25, -0.2) is 0 Å². The largest absolute Gasteiger partial charge is 0.494 e. The summed E-state index contributed by atoms with van der Waals surface area (Å²) in [7, 11) is 0. The molecule has 0 aliphatic carbocycles. The molecule has 1 aliphatic heterocycles. The van der Waals surface area contributed by atoms with Gasteiger partial charge in [0.2, 0.25) is 5.91 Å². The van der Waals surface area contributed by atoms with Crippen molar-refractivity contribution in [3.05, 3.63) is 69.1 Å². The number of hydrogen-bond donors (Lipinski definition) is 1. The van der Waals surface area contributed by atoms with Gasteiger partial charge in [0.1, 0.15) is 12.3 Å². The van der Waals surface area contributed by atoms with E-state index in [1.807, 2.05) is 6.92 Å². The Hall–Kier alpha value is -3.66. The van der Waals surface area contributed by atoms with E-state index in [1.165, 1.54) is 30.3 Å². The highest BCUT2D eigenvalue weighted by molar-refractivity contribution is 8.18. The fraction of sp³-hybridized carbons (Fsp3) is 0.150. The van der Waals surface area contributed by atoms with Gasteiger partial charge in [0.15, 0.2) is 0 Å². The van der Waals surface area contributed by atoms with E-state index in [-0.39, 0.29) is 10.6 Å². The van der Waals surface area contributed by atoms with Crippen molar-refractivity contribution in [2.45, 2.75) is 6.92 Å². The molecule has 0 saturated carbocycles. The summed E-state index contributed by atoms with van der Waals surface area (Å²) in [5.74, 6) is -0.443. The smallest absolute Gasteiger partial charge is 0.294 e. The van der Waals surface area contributed by atoms with Gasteiger partial charge in [0, 0.05) is 17.8 Å². The molecule has 0 atom stereocenters. The second kappa shape index (κ2) is 9.23. The van der Waals surface area contributed by atoms with E-state index >= 15 is 0 Å². The topological polar surface area (TPSA) is 119 Å². The molecule has 1 fully saturated rings. The number of benzene rings is 2. The lowest BCUT2D eigenvalue weighted by molar-refractivity contribution is -0.384. The first-order valence-electron chi connectivity index (χ1n) is 8.90. The Morgan fingerprint density at radius 1 is 1.17 bits per heavy atom. The minimum absolute atomic E-state index is 0.0776. The molecular formula is C20H17N3O6S. The summed E-state index contributed by atoms with van der Waals surface area (Å²) in [4.78, 5) is 48.1. The maximum absolute atomic E-state index is 12.5. The number of anilines is 1. The lowest BCUT2D eigenvalue weighted by atomic mass is 10.2. The van der Waals surface area contributed by atoms with Gasteiger partial charge in [0.25, 0.3) is 16.8 Å². The number of imide groups is 1. The number of carbonyl (C=O) groups is 3. The average Bonchev–Trinajstić information content (AvgIpc) is 2.97. The Labute approximate surface area is 175 Å². The van der Waals surface area contributed by atoms with Crippen LogP contribution in [-0.4, -0.2) is 40.0 Å². The predicted molar refractivity (Wildman–Crippen MR) is 112 cm³/mol. The zero-order valence-corrected chi connectivity index (χ0v) is 16.7. The average molecular weight is 427 g/mol. The molecule has 3 rings (SSSR count). The van der Waals surface area contributed by atoms with Crippen LogP contribution in [0.1, 0.15) is 12.5 Å². The quantitative estimate of drug-likeness (QED) is 0.407. The number of rotatable bonds is 7. The monoisotopic (exact) mass is 427 g/mol. The fourth-order valence-electron chi connectivity index (χ4n) is 2.63. The van der Waals surface area contributed by atoms with E-state index in [4.69, 9.17) is 4.74 Å². The zero-order valence-electron chi connectivity index (χ0n) is 15.9. The first-order chi connectivity index (χ1) is 14.4. The van der Waals surface area contributed by atoms with Crippen molar-refractivity contribution in [3.63, 3.8) is 0 Å². The number of carbonyl (C=O) groups excluding carboxylic acids is 3. The molecule has 0 aromatic heterocycles. The van der Waals surface area contributed by atoms with Crippen LogP contribution >= 0.6 is 11.8 Å². The molecule has 1 aliphatic rings. The van der Waals surface area contributed by atoms with Crippen molar-refractivity contribution >= 4 is 46.3 Å². The van der Waals surface area contributed by atoms with E-state index < -0.39 is 28.5 Å². The Morgan fingerprint density at radius 2 is 1.83 bits per heavy atom. The van der Waals surface area contributed by atoms with Gasteiger partial charge in [0.05, 0.1) is 16.4 Å². The lowest BCUT2D eigenvalue weighted by Crippen LogP contribution is -2.36. The molecule has 0 bridgehead atoms. The highest BCUT2D eigenvalue weighted by atomic mass is 32.2. The van der Waals surface area contributed by atoms with E-state index in [0.717, 1.165) is 4.90 Å². The van der Waals surface area contributed by atoms with Gasteiger partial charge in [-0.2, -0.15) is 0 Å². The standard InChI is InChI=1S/C20H17N3O6S/c1-2-29-16-9-5-14(6-10-16)21-18(24)12-22-19(25)17(30-20(22)26)11-13-3-7-15(8-4-13)23(27)28/h3-11H,2,12H2,1H3,(H,21,24)/b17-11+. The van der Waals surface area contributed by atoms with E-state index in [2.05, 4.69) is 5.32 Å². The number of thioether (sulfide) groups is 1. The number of nitro benzene ring substituents is 1. The molecule has 30 heavy (non-hydrogen) atoms. The highest BCUT2D eigenvalue weighted by Crippen LogP contribution is 2.32. The summed E-state index contributed by atoms with van der Waals surface area (Å²) in [6.45, 7) is 1.97. The number of nitrogens with one attached hydrogen (secondary N) is 1. The molecule has 10 heteroatoms. The van der Waals surface area contributed by atoms with Crippen molar-refractivity contribution in [1.82, 2.24) is 4.90 Å². The van der Waals surface area contributed by atoms with Crippen LogP contribution in [0.25, 0.3) is 6.08 Å². The minimum atomic E-state index is -0.592. The van der Waals surface area contributed by atoms with Gasteiger partial charge in [-0.1, -0.05) is 0 Å². The van der Waals surface area contributed by atoms with E-state index in [1.54, 1.807) is 24.3 Å². The van der Waals surface area contributed by atoms with Crippen molar-refractivity contribution in [3.8, 4) is 5.75 Å². The van der Waals surface area contributed by atoms with Crippen LogP contribution in [0.4, 0.5) is 16.2 Å². The summed E-state index contributed by atoms with van der Waals surface area (Å²) >= 11 is 0.711. The first-order valence-corrected chi connectivity index (χ1v) is 9.71. The van der Waals surface area contributed by atoms with Crippen LogP contribution in [0.5, 0.6) is 5.75 Å². The van der Waals surface area contributed by atoms with E-state index in [9.17, 15) is 24.5 Å². The molecule has 2 aromatic carbocycles. The second-order valence-corrected chi connectivity index (χ2v) is 7.12. The van der Waals surface area contributed by atoms with Crippen molar-refractivity contribution in [1.29, 1.82) is 0 Å². The molecule has 1 N–H and O–H groups in total. The van der Waals surface area contributed by atoms with Crippen molar-refractivity contribution in [2.24, 2.45) is 0 Å². The summed E-state index contributed by atoms with van der Waals surface area (Å²) in [5, 5.41) is 12.8. The molecule has 1 heterocycles. The number of nitro groups is 1. The number of nitrogens with zero attached hydrogens (tertiary/aromatic N) is 2. The van der Waals surface area contributed by atoms with Crippen molar-refractivity contribution < 1.29 is 24.0 Å². The van der Waals surface area contributed by atoms with Gasteiger partial charge in [-0.3, -0.25) is 29.4 Å². The Balaban J connectivity index is 1.64. The molecule has 0 unspecified atom stereocenters. The Kier molecular flexibility index (Phi) is 6.48. The van der Waals surface area contributed by atoms with Crippen LogP contribution in [0.15, 0.2) is 53.4 Å². The third kappa shape index (κ3) is 5.03. The maximum Gasteiger partial charge on any atom is 0.294 e. The van der Waals surface area contributed by atoms with Gasteiger partial charge in [-0.15, -0.1) is 0 Å². The van der Waals surface area contributed by atoms with Crippen molar-refractivity contribution in [2.75, 3.05) is 18.5 Å². The molecule has 0 spiro atoms. The Bertz CT molecular complexity index is 1020. The van der Waals surface area contributed by atoms with Crippen LogP contribution in [0.3, 0.4) is 0 Å². The summed E-state index contributed by atoms with van der Waals surface area (Å²) in [6, 6.07) is 12.3. The molecule has 154 valence electrons. The molecule has 9 nitrogen and oxygen atoms in total. The lowest BCUT2D eigenvalue weighted by Gasteiger charge is -2.12. The van der Waals surface area contributed by atoms with E-state index in [0.29, 0.717) is 35.4 Å². The predicted octanol–water partition coefficient (Wildman–Crippen LogP) is 3.67. The number of amides is 3. The third-order valence-corrected chi connectivity index (χ3v) is 4.93. The third-order valence-electron chi connectivity index (χ3n) is 4.03. The van der Waals surface area contributed by atoms with Gasteiger partial charge >= 0.3 is 0 Å². The maximum atomic E-state index is 12.5. The highest BCUT2D eigenvalue weighted by Gasteiger charge is 2.36. The number of non-ortho nitro benzene ring substituents is 1. The zero-order chi connectivity index (χ0) is 21.7. The van der Waals surface area contributed by atoms with Crippen LogP contribution in [-0.2, 0) is 9.59 Å². The Morgan fingerprint density at radius 3 is 2.43 bits per heavy atom. The van der Waals surface area contributed by atoms with Crippen LogP contribution in [0.2, 0.25) is 0 Å². The van der Waals surface area contributed by atoms with Gasteiger partial charge in [-0.05, 0) is 66.7 Å². The molecular weight excluding hydrogens is 410 g/mol. The van der Waals surface area contributed by atoms with Crippen LogP contribution < -0.4 is 10.1 Å². The molecule has 3 amide bonds. The number of hydrogen-bond acceptors (Lipinski definition) is 7. The normalized spacial score (nSPS) is 14.8. The fourth-order valence-corrected chi connectivity index (χ4v) is 3.46. The second-order valence-electron chi connectivity index (χ2n) is 6.12. The summed E-state index contributed by atoms with van der Waals surface area (Å²) in [6.07, 6.45) is 1.46. The summed E-state index contributed by atoms with van der Waals surface area (Å²) < 4.78 is 5.33. The minimum Gasteiger partial charge on any atom is -0.494 e.